The average molecular weight is 412 g/mol. The number of aromatic nitrogens is 1. The zero-order chi connectivity index (χ0) is 20.4. The third kappa shape index (κ3) is 4.37. The Morgan fingerprint density at radius 1 is 1.10 bits per heavy atom. The van der Waals surface area contributed by atoms with Gasteiger partial charge in [0.05, 0.1) is 4.70 Å². The van der Waals surface area contributed by atoms with Crippen molar-refractivity contribution in [3.63, 3.8) is 0 Å². The van der Waals surface area contributed by atoms with Crippen LogP contribution in [0.3, 0.4) is 0 Å². The highest BCUT2D eigenvalue weighted by Gasteiger charge is 2.27. The number of hydrogen-bond acceptors (Lipinski definition) is 5. The molecule has 2 N–H and O–H groups in total. The minimum atomic E-state index is -0.305. The SMILES string of the molecule is CC(=O)Nc1cccc(NC(=O)C2CCN(c3nc4c(F)cccc4s3)CC2)c1. The van der Waals surface area contributed by atoms with Gasteiger partial charge >= 0.3 is 0 Å². The number of anilines is 3. The molecule has 0 unspecified atom stereocenters. The summed E-state index contributed by atoms with van der Waals surface area (Å²) in [5.74, 6) is -0.585. The minimum Gasteiger partial charge on any atom is -0.348 e. The standard InChI is InChI=1S/C21H21FN4O2S/c1-13(27)23-15-4-2-5-16(12-15)24-20(28)14-8-10-26(11-9-14)21-25-19-17(22)6-3-7-18(19)29-21/h2-7,12,14H,8-11H2,1H3,(H,23,27)(H,24,28). The topological polar surface area (TPSA) is 74.3 Å². The molecule has 1 fully saturated rings. The third-order valence-electron chi connectivity index (χ3n) is 4.95. The number of hydrogen-bond donors (Lipinski definition) is 2. The van der Waals surface area contributed by atoms with Crippen LogP contribution in [0.15, 0.2) is 42.5 Å². The summed E-state index contributed by atoms with van der Waals surface area (Å²) in [6.45, 7) is 2.84. The normalized spacial score (nSPS) is 14.8. The van der Waals surface area contributed by atoms with E-state index in [2.05, 4.69) is 20.5 Å². The summed E-state index contributed by atoms with van der Waals surface area (Å²) in [6.07, 6.45) is 1.41. The summed E-state index contributed by atoms with van der Waals surface area (Å²) < 4.78 is 14.7. The van der Waals surface area contributed by atoms with Crippen molar-refractivity contribution in [2.24, 2.45) is 5.92 Å². The molecule has 0 atom stereocenters. The Morgan fingerprint density at radius 2 is 1.79 bits per heavy atom. The molecule has 4 rings (SSSR count). The molecule has 0 spiro atoms. The van der Waals surface area contributed by atoms with Gasteiger partial charge < -0.3 is 15.5 Å². The Bertz CT molecular complexity index is 1060. The summed E-state index contributed by atoms with van der Waals surface area (Å²) in [4.78, 5) is 30.4. The first-order chi connectivity index (χ1) is 14.0. The van der Waals surface area contributed by atoms with Crippen LogP contribution >= 0.6 is 11.3 Å². The molecule has 0 radical (unpaired) electrons. The zero-order valence-corrected chi connectivity index (χ0v) is 16.8. The van der Waals surface area contributed by atoms with Crippen molar-refractivity contribution < 1.29 is 14.0 Å². The van der Waals surface area contributed by atoms with E-state index in [1.807, 2.05) is 6.07 Å². The van der Waals surface area contributed by atoms with E-state index in [0.717, 1.165) is 9.83 Å². The van der Waals surface area contributed by atoms with Gasteiger partial charge in [0.1, 0.15) is 11.3 Å². The van der Waals surface area contributed by atoms with Crippen LogP contribution in [0.4, 0.5) is 20.9 Å². The third-order valence-corrected chi connectivity index (χ3v) is 6.03. The fourth-order valence-corrected chi connectivity index (χ4v) is 4.53. The minimum absolute atomic E-state index is 0.0278. The summed E-state index contributed by atoms with van der Waals surface area (Å²) in [5.41, 5.74) is 1.71. The second-order valence-corrected chi connectivity index (χ2v) is 8.10. The van der Waals surface area contributed by atoms with Crippen LogP contribution in [0.5, 0.6) is 0 Å². The fourth-order valence-electron chi connectivity index (χ4n) is 3.49. The number of benzene rings is 2. The Morgan fingerprint density at radius 3 is 2.48 bits per heavy atom. The number of nitrogens with one attached hydrogen (secondary N) is 2. The molecular formula is C21H21FN4O2S. The average Bonchev–Trinajstić information content (AvgIpc) is 3.14. The van der Waals surface area contributed by atoms with Crippen LogP contribution in [-0.2, 0) is 9.59 Å². The van der Waals surface area contributed by atoms with Crippen LogP contribution in [0, 0.1) is 11.7 Å². The Labute approximate surface area is 171 Å². The number of thiazole rings is 1. The monoisotopic (exact) mass is 412 g/mol. The van der Waals surface area contributed by atoms with E-state index >= 15 is 0 Å². The van der Waals surface area contributed by atoms with Gasteiger partial charge in [-0.25, -0.2) is 9.37 Å². The number of fused-ring (bicyclic) bond motifs is 1. The van der Waals surface area contributed by atoms with Crippen molar-refractivity contribution in [2.75, 3.05) is 28.6 Å². The lowest BCUT2D eigenvalue weighted by molar-refractivity contribution is -0.120. The molecule has 2 amide bonds. The Kier molecular flexibility index (Phi) is 5.44. The first kappa shape index (κ1) is 19.3. The molecule has 3 aromatic rings. The van der Waals surface area contributed by atoms with Crippen LogP contribution in [0.25, 0.3) is 10.2 Å². The van der Waals surface area contributed by atoms with Gasteiger partial charge in [-0.05, 0) is 43.2 Å². The molecule has 150 valence electrons. The predicted octanol–water partition coefficient (Wildman–Crippen LogP) is 4.25. The lowest BCUT2D eigenvalue weighted by Gasteiger charge is -2.31. The largest absolute Gasteiger partial charge is 0.348 e. The van der Waals surface area contributed by atoms with E-state index in [9.17, 15) is 14.0 Å². The zero-order valence-electron chi connectivity index (χ0n) is 15.9. The summed E-state index contributed by atoms with van der Waals surface area (Å²) >= 11 is 1.48. The van der Waals surface area contributed by atoms with Crippen molar-refractivity contribution in [2.45, 2.75) is 19.8 Å². The van der Waals surface area contributed by atoms with Crippen molar-refractivity contribution in [3.8, 4) is 0 Å². The van der Waals surface area contributed by atoms with Crippen molar-refractivity contribution in [1.82, 2.24) is 4.98 Å². The molecule has 8 heteroatoms. The number of piperidine rings is 1. The maximum atomic E-state index is 13.9. The summed E-state index contributed by atoms with van der Waals surface area (Å²) in [6, 6.07) is 12.1. The highest BCUT2D eigenvalue weighted by atomic mass is 32.1. The van der Waals surface area contributed by atoms with Crippen molar-refractivity contribution in [1.29, 1.82) is 0 Å². The van der Waals surface area contributed by atoms with Crippen LogP contribution in [-0.4, -0.2) is 29.9 Å². The molecule has 0 saturated carbocycles. The maximum absolute atomic E-state index is 13.9. The molecule has 1 aliphatic rings. The van der Waals surface area contributed by atoms with E-state index in [4.69, 9.17) is 0 Å². The number of carbonyl (C=O) groups excluding carboxylic acids is 2. The molecular weight excluding hydrogens is 391 g/mol. The smallest absolute Gasteiger partial charge is 0.227 e. The summed E-state index contributed by atoms with van der Waals surface area (Å²) in [7, 11) is 0. The molecule has 29 heavy (non-hydrogen) atoms. The molecule has 0 aliphatic carbocycles. The number of halogens is 1. The molecule has 6 nitrogen and oxygen atoms in total. The van der Waals surface area contributed by atoms with Gasteiger partial charge in [0.2, 0.25) is 11.8 Å². The van der Waals surface area contributed by atoms with Crippen LogP contribution in [0.2, 0.25) is 0 Å². The molecule has 1 aliphatic heterocycles. The van der Waals surface area contributed by atoms with Gasteiger partial charge in [0.15, 0.2) is 5.13 Å². The van der Waals surface area contributed by atoms with Gasteiger partial charge in [-0.3, -0.25) is 9.59 Å². The fraction of sp³-hybridized carbons (Fsp3) is 0.286. The number of para-hydroxylation sites is 1. The Balaban J connectivity index is 1.37. The van der Waals surface area contributed by atoms with Gasteiger partial charge in [-0.2, -0.15) is 0 Å². The van der Waals surface area contributed by atoms with Crippen LogP contribution in [0.1, 0.15) is 19.8 Å². The van der Waals surface area contributed by atoms with E-state index < -0.39 is 0 Å². The second-order valence-electron chi connectivity index (χ2n) is 7.10. The summed E-state index contributed by atoms with van der Waals surface area (Å²) in [5, 5.41) is 6.44. The molecule has 2 heterocycles. The molecule has 0 bridgehead atoms. The number of nitrogens with zero attached hydrogens (tertiary/aromatic N) is 2. The van der Waals surface area contributed by atoms with Crippen molar-refractivity contribution in [3.05, 3.63) is 48.3 Å². The number of carbonyl (C=O) groups is 2. The van der Waals surface area contributed by atoms with E-state index in [-0.39, 0.29) is 23.5 Å². The van der Waals surface area contributed by atoms with Gasteiger partial charge in [-0.15, -0.1) is 0 Å². The van der Waals surface area contributed by atoms with E-state index in [1.54, 1.807) is 30.3 Å². The first-order valence-corrected chi connectivity index (χ1v) is 10.3. The highest BCUT2D eigenvalue weighted by Crippen LogP contribution is 2.32. The van der Waals surface area contributed by atoms with Crippen LogP contribution < -0.4 is 15.5 Å². The van der Waals surface area contributed by atoms with Gasteiger partial charge in [-0.1, -0.05) is 23.5 Å². The van der Waals surface area contributed by atoms with E-state index in [1.165, 1.54) is 24.3 Å². The lowest BCUT2D eigenvalue weighted by Crippen LogP contribution is -2.38. The van der Waals surface area contributed by atoms with Gasteiger partial charge in [0.25, 0.3) is 0 Å². The maximum Gasteiger partial charge on any atom is 0.227 e. The highest BCUT2D eigenvalue weighted by molar-refractivity contribution is 7.22. The predicted molar refractivity (Wildman–Crippen MR) is 114 cm³/mol. The quantitative estimate of drug-likeness (QED) is 0.672. The second kappa shape index (κ2) is 8.16. The molecule has 2 aromatic carbocycles. The first-order valence-electron chi connectivity index (χ1n) is 9.48. The molecule has 1 aromatic heterocycles. The number of amides is 2. The van der Waals surface area contributed by atoms with E-state index in [0.29, 0.717) is 42.8 Å². The molecule has 1 saturated heterocycles. The lowest BCUT2D eigenvalue weighted by atomic mass is 9.96. The van der Waals surface area contributed by atoms with Crippen molar-refractivity contribution >= 4 is 49.9 Å². The number of rotatable bonds is 4. The van der Waals surface area contributed by atoms with Gasteiger partial charge in [0, 0.05) is 37.3 Å². The Hall–Kier alpha value is -3.00.